The van der Waals surface area contributed by atoms with Crippen LogP contribution in [0.15, 0.2) is 24.3 Å². The lowest BCUT2D eigenvalue weighted by Crippen LogP contribution is -2.03. The summed E-state index contributed by atoms with van der Waals surface area (Å²) >= 11 is 12.1. The number of carbonyl (C=O) groups is 1. The standard InChI is InChI=1S/C14H12Cl2N2O2/c15-10-3-1-2-8(6-10)7-18-13(16)11(14(19)20)12(17-18)9-4-5-9/h1-3,6,9H,4-5,7H2,(H,19,20). The van der Waals surface area contributed by atoms with Crippen LogP contribution < -0.4 is 0 Å². The van der Waals surface area contributed by atoms with E-state index in [4.69, 9.17) is 23.2 Å². The number of hydrogen-bond donors (Lipinski definition) is 1. The van der Waals surface area contributed by atoms with Gasteiger partial charge in [0.25, 0.3) is 0 Å². The Hall–Kier alpha value is -1.52. The minimum absolute atomic E-state index is 0.135. The summed E-state index contributed by atoms with van der Waals surface area (Å²) in [4.78, 5) is 11.3. The van der Waals surface area contributed by atoms with Crippen molar-refractivity contribution in [2.24, 2.45) is 0 Å². The summed E-state index contributed by atoms with van der Waals surface area (Å²) in [7, 11) is 0. The highest BCUT2D eigenvalue weighted by molar-refractivity contribution is 6.32. The molecule has 0 bridgehead atoms. The zero-order chi connectivity index (χ0) is 14.3. The lowest BCUT2D eigenvalue weighted by atomic mass is 10.2. The number of halogens is 2. The molecular weight excluding hydrogens is 299 g/mol. The largest absolute Gasteiger partial charge is 0.478 e. The lowest BCUT2D eigenvalue weighted by Gasteiger charge is -2.04. The molecule has 0 atom stereocenters. The predicted octanol–water partition coefficient (Wildman–Crippen LogP) is 3.81. The summed E-state index contributed by atoms with van der Waals surface area (Å²) in [6, 6.07) is 7.35. The highest BCUT2D eigenvalue weighted by atomic mass is 35.5. The van der Waals surface area contributed by atoms with E-state index in [0.717, 1.165) is 18.4 Å². The average molecular weight is 311 g/mol. The minimum atomic E-state index is -1.02. The second-order valence-corrected chi connectivity index (χ2v) is 5.71. The molecule has 0 saturated heterocycles. The molecule has 20 heavy (non-hydrogen) atoms. The van der Waals surface area contributed by atoms with E-state index in [9.17, 15) is 9.90 Å². The van der Waals surface area contributed by atoms with Crippen LogP contribution >= 0.6 is 23.2 Å². The molecule has 0 unspecified atom stereocenters. The highest BCUT2D eigenvalue weighted by Gasteiger charge is 2.34. The molecule has 1 aliphatic carbocycles. The van der Waals surface area contributed by atoms with Crippen LogP contribution in [0.4, 0.5) is 0 Å². The van der Waals surface area contributed by atoms with Crippen molar-refractivity contribution in [3.8, 4) is 0 Å². The van der Waals surface area contributed by atoms with Crippen molar-refractivity contribution >= 4 is 29.2 Å². The van der Waals surface area contributed by atoms with E-state index >= 15 is 0 Å². The fourth-order valence-corrected chi connectivity index (χ4v) is 2.70. The molecule has 0 radical (unpaired) electrons. The Bertz CT molecular complexity index is 678. The maximum absolute atomic E-state index is 11.3. The van der Waals surface area contributed by atoms with Crippen LogP contribution in [0, 0.1) is 0 Å². The van der Waals surface area contributed by atoms with Gasteiger partial charge in [0.15, 0.2) is 0 Å². The fraction of sp³-hybridized carbons (Fsp3) is 0.286. The van der Waals surface area contributed by atoms with Gasteiger partial charge in [-0.05, 0) is 30.5 Å². The van der Waals surface area contributed by atoms with Crippen LogP contribution in [0.1, 0.15) is 40.4 Å². The van der Waals surface area contributed by atoms with Crippen LogP contribution in [-0.2, 0) is 6.54 Å². The number of hydrogen-bond acceptors (Lipinski definition) is 2. The second kappa shape index (κ2) is 5.11. The number of benzene rings is 1. The zero-order valence-electron chi connectivity index (χ0n) is 10.5. The molecule has 2 aromatic rings. The molecule has 3 rings (SSSR count). The normalized spacial score (nSPS) is 14.5. The molecule has 104 valence electrons. The van der Waals surface area contributed by atoms with Gasteiger partial charge in [0.1, 0.15) is 10.7 Å². The molecule has 0 spiro atoms. The number of aromatic nitrogens is 2. The van der Waals surface area contributed by atoms with Crippen molar-refractivity contribution < 1.29 is 9.90 Å². The van der Waals surface area contributed by atoms with E-state index in [1.165, 1.54) is 4.68 Å². The minimum Gasteiger partial charge on any atom is -0.478 e. The predicted molar refractivity (Wildman–Crippen MR) is 76.7 cm³/mol. The number of carboxylic acids is 1. The van der Waals surface area contributed by atoms with Gasteiger partial charge in [0.05, 0.1) is 12.2 Å². The third-order valence-electron chi connectivity index (χ3n) is 3.32. The molecule has 0 aliphatic heterocycles. The van der Waals surface area contributed by atoms with E-state index in [2.05, 4.69) is 5.10 Å². The Morgan fingerprint density at radius 3 is 2.75 bits per heavy atom. The van der Waals surface area contributed by atoms with Crippen molar-refractivity contribution in [3.05, 3.63) is 51.3 Å². The highest BCUT2D eigenvalue weighted by Crippen LogP contribution is 2.42. The van der Waals surface area contributed by atoms with E-state index in [-0.39, 0.29) is 16.6 Å². The number of rotatable bonds is 4. The monoisotopic (exact) mass is 310 g/mol. The topological polar surface area (TPSA) is 55.1 Å². The summed E-state index contributed by atoms with van der Waals surface area (Å²) < 4.78 is 1.53. The lowest BCUT2D eigenvalue weighted by molar-refractivity contribution is 0.0695. The first-order chi connectivity index (χ1) is 9.56. The summed E-state index contributed by atoms with van der Waals surface area (Å²) in [5.74, 6) is -0.784. The smallest absolute Gasteiger partial charge is 0.340 e. The SMILES string of the molecule is O=C(O)c1c(C2CC2)nn(Cc2cccc(Cl)c2)c1Cl. The van der Waals surface area contributed by atoms with E-state index < -0.39 is 5.97 Å². The molecular formula is C14H12Cl2N2O2. The molecule has 1 N–H and O–H groups in total. The average Bonchev–Trinajstić information content (AvgIpc) is 3.16. The van der Waals surface area contributed by atoms with Gasteiger partial charge < -0.3 is 5.11 Å². The first kappa shape index (κ1) is 13.5. The number of carboxylic acid groups (broad SMARTS) is 1. The van der Waals surface area contributed by atoms with Crippen molar-refractivity contribution in [2.45, 2.75) is 25.3 Å². The fourth-order valence-electron chi connectivity index (χ4n) is 2.21. The van der Waals surface area contributed by atoms with Gasteiger partial charge in [-0.1, -0.05) is 35.3 Å². The maximum Gasteiger partial charge on any atom is 0.340 e. The van der Waals surface area contributed by atoms with Crippen LogP contribution in [0.5, 0.6) is 0 Å². The molecule has 1 saturated carbocycles. The molecule has 1 fully saturated rings. The van der Waals surface area contributed by atoms with E-state index in [0.29, 0.717) is 17.3 Å². The Kier molecular flexibility index (Phi) is 3.44. The van der Waals surface area contributed by atoms with Gasteiger partial charge >= 0.3 is 5.97 Å². The van der Waals surface area contributed by atoms with E-state index in [1.54, 1.807) is 6.07 Å². The van der Waals surface area contributed by atoms with E-state index in [1.807, 2.05) is 18.2 Å². The molecule has 4 nitrogen and oxygen atoms in total. The van der Waals surface area contributed by atoms with Crippen molar-refractivity contribution in [3.63, 3.8) is 0 Å². The molecule has 1 aromatic carbocycles. The second-order valence-electron chi connectivity index (χ2n) is 4.92. The van der Waals surface area contributed by atoms with Crippen LogP contribution in [-0.4, -0.2) is 20.9 Å². The van der Waals surface area contributed by atoms with Gasteiger partial charge in [-0.2, -0.15) is 5.10 Å². The molecule has 1 aliphatic rings. The van der Waals surface area contributed by atoms with Gasteiger partial charge in [-0.25, -0.2) is 9.48 Å². The zero-order valence-corrected chi connectivity index (χ0v) is 12.0. The van der Waals surface area contributed by atoms with Gasteiger partial charge in [0.2, 0.25) is 0 Å². The Labute approximate surface area is 125 Å². The first-order valence-electron chi connectivity index (χ1n) is 6.30. The third-order valence-corrected chi connectivity index (χ3v) is 3.94. The maximum atomic E-state index is 11.3. The number of nitrogens with zero attached hydrogens (tertiary/aromatic N) is 2. The van der Waals surface area contributed by atoms with Gasteiger partial charge in [-0.3, -0.25) is 0 Å². The van der Waals surface area contributed by atoms with Gasteiger partial charge in [-0.15, -0.1) is 0 Å². The van der Waals surface area contributed by atoms with Crippen molar-refractivity contribution in [1.29, 1.82) is 0 Å². The van der Waals surface area contributed by atoms with Crippen LogP contribution in [0.25, 0.3) is 0 Å². The van der Waals surface area contributed by atoms with Crippen LogP contribution in [0.3, 0.4) is 0 Å². The van der Waals surface area contributed by atoms with Crippen molar-refractivity contribution in [2.75, 3.05) is 0 Å². The summed E-state index contributed by atoms with van der Waals surface area (Å²) in [6.07, 6.45) is 1.95. The molecule has 1 aromatic heterocycles. The quantitative estimate of drug-likeness (QED) is 0.934. The molecule has 1 heterocycles. The van der Waals surface area contributed by atoms with Crippen LogP contribution in [0.2, 0.25) is 10.2 Å². The summed E-state index contributed by atoms with van der Waals surface area (Å²) in [5.41, 5.74) is 1.67. The first-order valence-corrected chi connectivity index (χ1v) is 7.06. The third kappa shape index (κ3) is 2.53. The van der Waals surface area contributed by atoms with Gasteiger partial charge in [0, 0.05) is 10.9 Å². The molecule has 6 heteroatoms. The number of aromatic carboxylic acids is 1. The summed E-state index contributed by atoms with van der Waals surface area (Å²) in [6.45, 7) is 0.409. The Morgan fingerprint density at radius 1 is 1.40 bits per heavy atom. The summed E-state index contributed by atoms with van der Waals surface area (Å²) in [5, 5.41) is 14.5. The Balaban J connectivity index is 1.97. The Morgan fingerprint density at radius 2 is 2.15 bits per heavy atom. The van der Waals surface area contributed by atoms with Crippen molar-refractivity contribution in [1.82, 2.24) is 9.78 Å². The molecule has 0 amide bonds.